The molecule has 6 nitrogen and oxygen atoms in total. The SMILES string of the molecule is CC(C)c1cccc(C(C)C)c1NC(=O)CN1CCN(CC(=O)N2CCCCC2)CC1. The van der Waals surface area contributed by atoms with Crippen molar-refractivity contribution in [3.05, 3.63) is 29.3 Å². The van der Waals surface area contributed by atoms with Gasteiger partial charge in [-0.1, -0.05) is 45.9 Å². The van der Waals surface area contributed by atoms with E-state index in [9.17, 15) is 9.59 Å². The number of benzene rings is 1. The molecule has 2 saturated heterocycles. The summed E-state index contributed by atoms with van der Waals surface area (Å²) in [6.45, 7) is 14.7. The Morgan fingerprint density at radius 2 is 1.32 bits per heavy atom. The van der Waals surface area contributed by atoms with Gasteiger partial charge >= 0.3 is 0 Å². The van der Waals surface area contributed by atoms with Crippen molar-refractivity contribution in [2.45, 2.75) is 58.8 Å². The van der Waals surface area contributed by atoms with Crippen LogP contribution < -0.4 is 5.32 Å². The van der Waals surface area contributed by atoms with E-state index in [4.69, 9.17) is 0 Å². The molecule has 0 saturated carbocycles. The predicted molar refractivity (Wildman–Crippen MR) is 127 cm³/mol. The molecule has 0 unspecified atom stereocenters. The van der Waals surface area contributed by atoms with Gasteiger partial charge in [0.15, 0.2) is 0 Å². The van der Waals surface area contributed by atoms with Crippen LogP contribution in [0.1, 0.15) is 69.9 Å². The van der Waals surface area contributed by atoms with Crippen LogP contribution in [0.15, 0.2) is 18.2 Å². The van der Waals surface area contributed by atoms with Gasteiger partial charge in [0.1, 0.15) is 0 Å². The van der Waals surface area contributed by atoms with Crippen LogP contribution in [0.3, 0.4) is 0 Å². The molecule has 0 bridgehead atoms. The van der Waals surface area contributed by atoms with Gasteiger partial charge in [0.2, 0.25) is 11.8 Å². The minimum Gasteiger partial charge on any atom is -0.342 e. The van der Waals surface area contributed by atoms with Gasteiger partial charge in [0.25, 0.3) is 0 Å². The molecule has 172 valence electrons. The van der Waals surface area contributed by atoms with E-state index in [-0.39, 0.29) is 11.8 Å². The first-order valence-corrected chi connectivity index (χ1v) is 12.0. The number of carbonyl (C=O) groups excluding carboxylic acids is 2. The van der Waals surface area contributed by atoms with Crippen molar-refractivity contribution >= 4 is 17.5 Å². The molecule has 3 rings (SSSR count). The molecule has 1 N–H and O–H groups in total. The molecular weight excluding hydrogens is 388 g/mol. The highest BCUT2D eigenvalue weighted by Gasteiger charge is 2.24. The first kappa shape index (κ1) is 23.7. The number of nitrogens with zero attached hydrogens (tertiary/aromatic N) is 3. The Kier molecular flexibility index (Phi) is 8.50. The van der Waals surface area contributed by atoms with E-state index in [1.54, 1.807) is 0 Å². The third-order valence-electron chi connectivity index (χ3n) is 6.54. The molecule has 0 radical (unpaired) electrons. The highest BCUT2D eigenvalue weighted by atomic mass is 16.2. The number of piperidine rings is 1. The van der Waals surface area contributed by atoms with Crippen LogP contribution in [0.2, 0.25) is 0 Å². The second-order valence-electron chi connectivity index (χ2n) is 9.66. The lowest BCUT2D eigenvalue weighted by atomic mass is 9.92. The normalized spacial score (nSPS) is 18.6. The molecule has 2 heterocycles. The lowest BCUT2D eigenvalue weighted by Crippen LogP contribution is -2.51. The quantitative estimate of drug-likeness (QED) is 0.722. The van der Waals surface area contributed by atoms with Gasteiger partial charge in [0, 0.05) is 45.0 Å². The minimum absolute atomic E-state index is 0.0489. The van der Waals surface area contributed by atoms with Crippen molar-refractivity contribution in [2.75, 3.05) is 57.7 Å². The number of piperazine rings is 1. The van der Waals surface area contributed by atoms with Crippen LogP contribution in [0.25, 0.3) is 0 Å². The molecule has 1 aromatic carbocycles. The summed E-state index contributed by atoms with van der Waals surface area (Å²) in [4.78, 5) is 31.8. The summed E-state index contributed by atoms with van der Waals surface area (Å²) in [6.07, 6.45) is 3.50. The second-order valence-corrected chi connectivity index (χ2v) is 9.66. The number of anilines is 1. The van der Waals surface area contributed by atoms with Gasteiger partial charge in [-0.15, -0.1) is 0 Å². The van der Waals surface area contributed by atoms with E-state index in [1.807, 2.05) is 4.90 Å². The van der Waals surface area contributed by atoms with Crippen LogP contribution in [-0.2, 0) is 9.59 Å². The zero-order valence-electron chi connectivity index (χ0n) is 19.8. The number of para-hydroxylation sites is 1. The van der Waals surface area contributed by atoms with Crippen LogP contribution in [0.5, 0.6) is 0 Å². The predicted octanol–water partition coefficient (Wildman–Crippen LogP) is 3.50. The Labute approximate surface area is 188 Å². The Morgan fingerprint density at radius 3 is 1.84 bits per heavy atom. The molecule has 2 fully saturated rings. The van der Waals surface area contributed by atoms with E-state index in [1.165, 1.54) is 17.5 Å². The number of rotatable bonds is 7. The zero-order chi connectivity index (χ0) is 22.4. The minimum atomic E-state index is 0.0489. The fourth-order valence-corrected chi connectivity index (χ4v) is 4.62. The van der Waals surface area contributed by atoms with Gasteiger partial charge in [-0.25, -0.2) is 0 Å². The molecule has 31 heavy (non-hydrogen) atoms. The largest absolute Gasteiger partial charge is 0.342 e. The molecule has 0 atom stereocenters. The molecule has 2 aliphatic heterocycles. The van der Waals surface area contributed by atoms with E-state index >= 15 is 0 Å². The standard InChI is InChI=1S/C25H40N4O2/c1-19(2)21-9-8-10-22(20(3)4)25(21)26-23(30)17-27-13-15-28(16-14-27)18-24(31)29-11-6-5-7-12-29/h8-10,19-20H,5-7,11-18H2,1-4H3,(H,26,30). The number of nitrogens with one attached hydrogen (secondary N) is 1. The molecule has 6 heteroatoms. The van der Waals surface area contributed by atoms with Gasteiger partial charge in [-0.3, -0.25) is 19.4 Å². The van der Waals surface area contributed by atoms with E-state index in [0.717, 1.165) is 57.8 Å². The van der Waals surface area contributed by atoms with Crippen molar-refractivity contribution in [2.24, 2.45) is 0 Å². The molecule has 2 aliphatic rings. The fourth-order valence-electron chi connectivity index (χ4n) is 4.62. The molecule has 2 amide bonds. The van der Waals surface area contributed by atoms with Crippen molar-refractivity contribution < 1.29 is 9.59 Å². The monoisotopic (exact) mass is 428 g/mol. The fraction of sp³-hybridized carbons (Fsp3) is 0.680. The highest BCUT2D eigenvalue weighted by molar-refractivity contribution is 5.94. The lowest BCUT2D eigenvalue weighted by molar-refractivity contribution is -0.134. The van der Waals surface area contributed by atoms with Crippen molar-refractivity contribution in [1.82, 2.24) is 14.7 Å². The second kappa shape index (κ2) is 11.1. The molecule has 0 aromatic heterocycles. The smallest absolute Gasteiger partial charge is 0.238 e. The van der Waals surface area contributed by atoms with Crippen molar-refractivity contribution in [3.63, 3.8) is 0 Å². The van der Waals surface area contributed by atoms with E-state index < -0.39 is 0 Å². The molecule has 1 aromatic rings. The molecule has 0 aliphatic carbocycles. The summed E-state index contributed by atoms with van der Waals surface area (Å²) in [5, 5.41) is 3.22. The third kappa shape index (κ3) is 6.53. The number of amides is 2. The maximum absolute atomic E-state index is 12.9. The van der Waals surface area contributed by atoms with E-state index in [2.05, 4.69) is 61.0 Å². The first-order valence-electron chi connectivity index (χ1n) is 12.0. The Morgan fingerprint density at radius 1 is 0.806 bits per heavy atom. The number of hydrogen-bond donors (Lipinski definition) is 1. The summed E-state index contributed by atoms with van der Waals surface area (Å²) in [5.74, 6) is 1.02. The average Bonchev–Trinajstić information content (AvgIpc) is 2.75. The summed E-state index contributed by atoms with van der Waals surface area (Å²) < 4.78 is 0. The molecular formula is C25H40N4O2. The van der Waals surface area contributed by atoms with Crippen LogP contribution >= 0.6 is 0 Å². The van der Waals surface area contributed by atoms with Crippen LogP contribution in [-0.4, -0.2) is 78.9 Å². The highest BCUT2D eigenvalue weighted by Crippen LogP contribution is 2.32. The lowest BCUT2D eigenvalue weighted by Gasteiger charge is -2.35. The van der Waals surface area contributed by atoms with Gasteiger partial charge in [-0.05, 0) is 42.2 Å². The third-order valence-corrected chi connectivity index (χ3v) is 6.54. The Bertz CT molecular complexity index is 722. The van der Waals surface area contributed by atoms with Gasteiger partial charge in [-0.2, -0.15) is 0 Å². The van der Waals surface area contributed by atoms with Crippen LogP contribution in [0.4, 0.5) is 5.69 Å². The summed E-state index contributed by atoms with van der Waals surface area (Å²) in [6, 6.07) is 6.32. The number of carbonyl (C=O) groups is 2. The zero-order valence-corrected chi connectivity index (χ0v) is 19.8. The summed E-state index contributed by atoms with van der Waals surface area (Å²) in [5.41, 5.74) is 3.38. The maximum Gasteiger partial charge on any atom is 0.238 e. The van der Waals surface area contributed by atoms with Gasteiger partial charge < -0.3 is 10.2 Å². The van der Waals surface area contributed by atoms with E-state index in [0.29, 0.717) is 24.9 Å². The maximum atomic E-state index is 12.9. The van der Waals surface area contributed by atoms with Crippen LogP contribution in [0, 0.1) is 0 Å². The van der Waals surface area contributed by atoms with Crippen molar-refractivity contribution in [1.29, 1.82) is 0 Å². The summed E-state index contributed by atoms with van der Waals surface area (Å²) in [7, 11) is 0. The Balaban J connectivity index is 1.50. The Hall–Kier alpha value is -1.92. The number of likely N-dealkylation sites (tertiary alicyclic amines) is 1. The first-order chi connectivity index (χ1) is 14.8. The summed E-state index contributed by atoms with van der Waals surface area (Å²) >= 11 is 0. The average molecular weight is 429 g/mol. The van der Waals surface area contributed by atoms with Gasteiger partial charge in [0.05, 0.1) is 13.1 Å². The molecule has 0 spiro atoms. The van der Waals surface area contributed by atoms with Crippen molar-refractivity contribution in [3.8, 4) is 0 Å². The number of hydrogen-bond acceptors (Lipinski definition) is 4. The topological polar surface area (TPSA) is 55.9 Å².